The second kappa shape index (κ2) is 5.62. The van der Waals surface area contributed by atoms with E-state index >= 15 is 0 Å². The number of carboxylic acid groups (broad SMARTS) is 1. The molecule has 0 saturated carbocycles. The molecular weight excluding hydrogens is 282 g/mol. The van der Waals surface area contributed by atoms with Crippen LogP contribution in [0, 0.1) is 0 Å². The summed E-state index contributed by atoms with van der Waals surface area (Å²) in [6.07, 6.45) is 1.14. The fourth-order valence-corrected chi connectivity index (χ4v) is 3.84. The monoisotopic (exact) mass is 297 g/mol. The lowest BCUT2D eigenvalue weighted by Crippen LogP contribution is -2.43. The van der Waals surface area contributed by atoms with Gasteiger partial charge < -0.3 is 10.4 Å². The van der Waals surface area contributed by atoms with Gasteiger partial charge in [0.05, 0.1) is 17.1 Å². The van der Waals surface area contributed by atoms with Crippen molar-refractivity contribution < 1.29 is 23.1 Å². The molecule has 108 valence electrons. The van der Waals surface area contributed by atoms with Crippen molar-refractivity contribution in [1.82, 2.24) is 5.32 Å². The van der Waals surface area contributed by atoms with Gasteiger partial charge in [0.2, 0.25) is 0 Å². The molecule has 2 rings (SSSR count). The second-order valence-corrected chi connectivity index (χ2v) is 7.04. The Morgan fingerprint density at radius 2 is 1.95 bits per heavy atom. The van der Waals surface area contributed by atoms with Crippen LogP contribution in [0.15, 0.2) is 24.3 Å². The first-order valence-corrected chi connectivity index (χ1v) is 8.04. The molecule has 0 aromatic heterocycles. The number of aromatic carboxylic acids is 1. The fraction of sp³-hybridized carbons (Fsp3) is 0.385. The van der Waals surface area contributed by atoms with Crippen LogP contribution in [0.25, 0.3) is 0 Å². The molecule has 1 aromatic carbocycles. The zero-order valence-corrected chi connectivity index (χ0v) is 11.5. The number of rotatable bonds is 3. The third-order valence-electron chi connectivity index (χ3n) is 3.17. The Balaban J connectivity index is 2.08. The van der Waals surface area contributed by atoms with E-state index in [1.165, 1.54) is 24.3 Å². The number of nitrogens with one attached hydrogen (secondary N) is 1. The Bertz CT molecular complexity index is 638. The van der Waals surface area contributed by atoms with Gasteiger partial charge in [0.25, 0.3) is 5.91 Å². The lowest BCUT2D eigenvalue weighted by molar-refractivity contribution is 0.0697. The Kier molecular flexibility index (Phi) is 4.08. The van der Waals surface area contributed by atoms with Gasteiger partial charge in [-0.25, -0.2) is 13.2 Å². The molecule has 1 aliphatic rings. The minimum Gasteiger partial charge on any atom is -0.478 e. The maximum Gasteiger partial charge on any atom is 0.335 e. The summed E-state index contributed by atoms with van der Waals surface area (Å²) in [6, 6.07) is 5.24. The molecule has 1 heterocycles. The molecular formula is C13H15NO5S. The molecule has 1 fully saturated rings. The van der Waals surface area contributed by atoms with Gasteiger partial charge in [0.15, 0.2) is 9.84 Å². The largest absolute Gasteiger partial charge is 0.478 e. The molecule has 0 bridgehead atoms. The van der Waals surface area contributed by atoms with E-state index in [0.29, 0.717) is 12.8 Å². The van der Waals surface area contributed by atoms with Crippen LogP contribution in [-0.2, 0) is 9.84 Å². The average Bonchev–Trinajstić information content (AvgIpc) is 2.37. The van der Waals surface area contributed by atoms with Crippen LogP contribution >= 0.6 is 0 Å². The first kappa shape index (κ1) is 14.5. The maximum absolute atomic E-state index is 12.0. The Morgan fingerprint density at radius 3 is 2.60 bits per heavy atom. The molecule has 1 amide bonds. The molecule has 1 aliphatic heterocycles. The van der Waals surface area contributed by atoms with Gasteiger partial charge in [0.1, 0.15) is 0 Å². The molecule has 0 aliphatic carbocycles. The highest BCUT2D eigenvalue weighted by Crippen LogP contribution is 2.13. The minimum absolute atomic E-state index is 0.0221. The molecule has 0 spiro atoms. The summed E-state index contributed by atoms with van der Waals surface area (Å²) in [4.78, 5) is 22.8. The number of sulfone groups is 1. The number of hydrogen-bond donors (Lipinski definition) is 2. The number of carbonyl (C=O) groups excluding carboxylic acids is 1. The van der Waals surface area contributed by atoms with Crippen LogP contribution in [0.3, 0.4) is 0 Å². The van der Waals surface area contributed by atoms with Crippen molar-refractivity contribution in [2.45, 2.75) is 18.9 Å². The third kappa shape index (κ3) is 3.57. The lowest BCUT2D eigenvalue weighted by Gasteiger charge is -2.23. The van der Waals surface area contributed by atoms with E-state index in [4.69, 9.17) is 5.11 Å². The van der Waals surface area contributed by atoms with Crippen molar-refractivity contribution in [2.75, 3.05) is 11.5 Å². The van der Waals surface area contributed by atoms with E-state index in [1.54, 1.807) is 0 Å². The molecule has 20 heavy (non-hydrogen) atoms. The Morgan fingerprint density at radius 1 is 1.25 bits per heavy atom. The third-order valence-corrected chi connectivity index (χ3v) is 4.99. The Labute approximate surface area is 116 Å². The zero-order chi connectivity index (χ0) is 14.8. The summed E-state index contributed by atoms with van der Waals surface area (Å²) in [6.45, 7) is 0. The number of benzene rings is 1. The second-order valence-electron chi connectivity index (χ2n) is 4.81. The van der Waals surface area contributed by atoms with Crippen LogP contribution in [0.2, 0.25) is 0 Å². The summed E-state index contributed by atoms with van der Waals surface area (Å²) >= 11 is 0. The molecule has 6 nitrogen and oxygen atoms in total. The summed E-state index contributed by atoms with van der Waals surface area (Å²) < 4.78 is 23.0. The van der Waals surface area contributed by atoms with Crippen LogP contribution in [0.4, 0.5) is 0 Å². The van der Waals surface area contributed by atoms with Gasteiger partial charge in [-0.05, 0) is 31.0 Å². The number of hydrogen-bond acceptors (Lipinski definition) is 4. The number of amides is 1. The predicted molar refractivity (Wildman–Crippen MR) is 72.5 cm³/mol. The van der Waals surface area contributed by atoms with Crippen LogP contribution in [0.5, 0.6) is 0 Å². The summed E-state index contributed by atoms with van der Waals surface area (Å²) in [7, 11) is -3.09. The van der Waals surface area contributed by atoms with Gasteiger partial charge in [-0.3, -0.25) is 4.79 Å². The first-order chi connectivity index (χ1) is 9.37. The molecule has 1 atom stereocenters. The fourth-order valence-electron chi connectivity index (χ4n) is 2.20. The average molecular weight is 297 g/mol. The molecule has 0 radical (unpaired) electrons. The highest BCUT2D eigenvalue weighted by atomic mass is 32.2. The SMILES string of the molecule is O=C(O)c1cccc(C(=O)NC2CCCS(=O)(=O)C2)c1. The predicted octanol–water partition coefficient (Wildman–Crippen LogP) is 0.692. The molecule has 1 unspecified atom stereocenters. The van der Waals surface area contributed by atoms with Crippen molar-refractivity contribution in [3.8, 4) is 0 Å². The standard InChI is InChI=1S/C13H15NO5S/c15-12(9-3-1-4-10(7-9)13(16)17)14-11-5-2-6-20(18,19)8-11/h1,3-4,7,11H,2,5-6,8H2,(H,14,15)(H,16,17). The van der Waals surface area contributed by atoms with E-state index in [-0.39, 0.29) is 22.6 Å². The van der Waals surface area contributed by atoms with Crippen molar-refractivity contribution in [1.29, 1.82) is 0 Å². The maximum atomic E-state index is 12.0. The van der Waals surface area contributed by atoms with Crippen LogP contribution in [0.1, 0.15) is 33.6 Å². The van der Waals surface area contributed by atoms with Crippen molar-refractivity contribution in [3.63, 3.8) is 0 Å². The molecule has 1 saturated heterocycles. The van der Waals surface area contributed by atoms with Gasteiger partial charge in [0, 0.05) is 11.6 Å². The Hall–Kier alpha value is -1.89. The van der Waals surface area contributed by atoms with Gasteiger partial charge in [-0.15, -0.1) is 0 Å². The van der Waals surface area contributed by atoms with Crippen molar-refractivity contribution >= 4 is 21.7 Å². The van der Waals surface area contributed by atoms with E-state index in [1.807, 2.05) is 0 Å². The van der Waals surface area contributed by atoms with E-state index in [9.17, 15) is 18.0 Å². The van der Waals surface area contributed by atoms with Crippen LogP contribution < -0.4 is 5.32 Å². The molecule has 1 aromatic rings. The smallest absolute Gasteiger partial charge is 0.335 e. The summed E-state index contributed by atoms with van der Waals surface area (Å²) in [5.41, 5.74) is 0.238. The molecule has 7 heteroatoms. The minimum atomic E-state index is -3.09. The highest BCUT2D eigenvalue weighted by molar-refractivity contribution is 7.91. The number of carbonyl (C=O) groups is 2. The first-order valence-electron chi connectivity index (χ1n) is 6.22. The summed E-state index contributed by atoms with van der Waals surface area (Å²) in [5.74, 6) is -1.46. The van der Waals surface area contributed by atoms with Gasteiger partial charge >= 0.3 is 5.97 Å². The van der Waals surface area contributed by atoms with Gasteiger partial charge in [-0.2, -0.15) is 0 Å². The van der Waals surface area contributed by atoms with E-state index in [0.717, 1.165) is 0 Å². The summed E-state index contributed by atoms with van der Waals surface area (Å²) in [5, 5.41) is 11.5. The van der Waals surface area contributed by atoms with Crippen molar-refractivity contribution in [3.05, 3.63) is 35.4 Å². The van der Waals surface area contributed by atoms with Crippen molar-refractivity contribution in [2.24, 2.45) is 0 Å². The van der Waals surface area contributed by atoms with E-state index in [2.05, 4.69) is 5.32 Å². The molecule has 2 N–H and O–H groups in total. The zero-order valence-electron chi connectivity index (χ0n) is 10.7. The topological polar surface area (TPSA) is 101 Å². The van der Waals surface area contributed by atoms with Crippen LogP contribution in [-0.4, -0.2) is 42.9 Å². The normalized spacial score (nSPS) is 21.1. The lowest BCUT2D eigenvalue weighted by atomic mass is 10.1. The highest BCUT2D eigenvalue weighted by Gasteiger charge is 2.26. The van der Waals surface area contributed by atoms with E-state index < -0.39 is 27.8 Å². The quantitative estimate of drug-likeness (QED) is 0.855. The van der Waals surface area contributed by atoms with Gasteiger partial charge in [-0.1, -0.05) is 6.07 Å². The number of carboxylic acids is 1.